The van der Waals surface area contributed by atoms with E-state index in [2.05, 4.69) is 15.4 Å². The van der Waals surface area contributed by atoms with E-state index in [1.54, 1.807) is 35.0 Å². The number of benzene rings is 2. The number of rotatable bonds is 6. The third kappa shape index (κ3) is 4.33. The van der Waals surface area contributed by atoms with Gasteiger partial charge in [0.15, 0.2) is 0 Å². The number of nitrogens with one attached hydrogen (secondary N) is 1. The molecule has 0 aliphatic heterocycles. The van der Waals surface area contributed by atoms with Crippen molar-refractivity contribution in [2.24, 2.45) is 0 Å². The van der Waals surface area contributed by atoms with Gasteiger partial charge in [-0.2, -0.15) is 0 Å². The van der Waals surface area contributed by atoms with E-state index in [0.29, 0.717) is 34.5 Å². The lowest BCUT2D eigenvalue weighted by molar-refractivity contribution is 0.102. The Morgan fingerprint density at radius 1 is 1.19 bits per heavy atom. The predicted octanol–water partition coefficient (Wildman–Crippen LogP) is 4.28. The SMILES string of the molecule is CCOc1ccccc1C(=O)Nc1ncn(Cc2ccc(Cl)c(Cl)c2)n1. The minimum atomic E-state index is -0.332. The molecule has 3 rings (SSSR count). The molecule has 1 N–H and O–H groups in total. The van der Waals surface area contributed by atoms with Crippen molar-refractivity contribution in [1.29, 1.82) is 0 Å². The highest BCUT2D eigenvalue weighted by Crippen LogP contribution is 2.23. The molecule has 2 aromatic carbocycles. The summed E-state index contributed by atoms with van der Waals surface area (Å²) < 4.78 is 7.07. The van der Waals surface area contributed by atoms with Crippen LogP contribution in [0.5, 0.6) is 5.75 Å². The summed E-state index contributed by atoms with van der Waals surface area (Å²) in [6.07, 6.45) is 1.53. The molecule has 0 atom stereocenters. The van der Waals surface area contributed by atoms with E-state index in [1.807, 2.05) is 19.1 Å². The van der Waals surface area contributed by atoms with Crippen LogP contribution in [0.15, 0.2) is 48.8 Å². The van der Waals surface area contributed by atoms with E-state index in [4.69, 9.17) is 27.9 Å². The maximum atomic E-state index is 12.4. The topological polar surface area (TPSA) is 69.0 Å². The summed E-state index contributed by atoms with van der Waals surface area (Å²) in [5, 5.41) is 7.90. The number of ether oxygens (including phenoxy) is 1. The van der Waals surface area contributed by atoms with Crippen LogP contribution in [0.25, 0.3) is 0 Å². The fraction of sp³-hybridized carbons (Fsp3) is 0.167. The van der Waals surface area contributed by atoms with Crippen molar-refractivity contribution >= 4 is 35.1 Å². The van der Waals surface area contributed by atoms with Crippen molar-refractivity contribution in [3.05, 3.63) is 70.0 Å². The molecule has 0 aliphatic carbocycles. The number of carbonyl (C=O) groups is 1. The van der Waals surface area contributed by atoms with E-state index in [0.717, 1.165) is 5.56 Å². The molecule has 0 spiro atoms. The zero-order valence-corrected chi connectivity index (χ0v) is 15.5. The lowest BCUT2D eigenvalue weighted by atomic mass is 10.2. The van der Waals surface area contributed by atoms with Gasteiger partial charge in [0, 0.05) is 0 Å². The van der Waals surface area contributed by atoms with Crippen LogP contribution in [0.1, 0.15) is 22.8 Å². The Kier molecular flexibility index (Phi) is 5.75. The summed E-state index contributed by atoms with van der Waals surface area (Å²) in [4.78, 5) is 16.6. The van der Waals surface area contributed by atoms with Crippen molar-refractivity contribution < 1.29 is 9.53 Å². The Hall–Kier alpha value is -2.57. The van der Waals surface area contributed by atoms with E-state index in [9.17, 15) is 4.79 Å². The van der Waals surface area contributed by atoms with Gasteiger partial charge < -0.3 is 4.74 Å². The molecule has 8 heteroatoms. The number of aromatic nitrogens is 3. The number of anilines is 1. The quantitative estimate of drug-likeness (QED) is 0.681. The fourth-order valence-corrected chi connectivity index (χ4v) is 2.68. The lowest BCUT2D eigenvalue weighted by Gasteiger charge is -2.08. The van der Waals surface area contributed by atoms with Crippen LogP contribution in [0.4, 0.5) is 5.95 Å². The third-order valence-corrected chi connectivity index (χ3v) is 4.26. The Balaban J connectivity index is 1.70. The molecule has 26 heavy (non-hydrogen) atoms. The van der Waals surface area contributed by atoms with Crippen LogP contribution in [0.3, 0.4) is 0 Å². The molecule has 1 heterocycles. The zero-order chi connectivity index (χ0) is 18.5. The molecule has 0 fully saturated rings. The molecular formula is C18H16Cl2N4O2. The lowest BCUT2D eigenvalue weighted by Crippen LogP contribution is -2.15. The highest BCUT2D eigenvalue weighted by atomic mass is 35.5. The van der Waals surface area contributed by atoms with Gasteiger partial charge in [-0.15, -0.1) is 5.10 Å². The molecule has 0 unspecified atom stereocenters. The van der Waals surface area contributed by atoms with Crippen molar-refractivity contribution in [1.82, 2.24) is 14.8 Å². The van der Waals surface area contributed by atoms with Gasteiger partial charge in [0.1, 0.15) is 12.1 Å². The van der Waals surface area contributed by atoms with Crippen LogP contribution in [0, 0.1) is 0 Å². The monoisotopic (exact) mass is 390 g/mol. The molecule has 0 radical (unpaired) electrons. The van der Waals surface area contributed by atoms with E-state index in [1.165, 1.54) is 6.33 Å². The van der Waals surface area contributed by atoms with Gasteiger partial charge in [-0.25, -0.2) is 9.67 Å². The van der Waals surface area contributed by atoms with E-state index in [-0.39, 0.29) is 11.9 Å². The predicted molar refractivity (Wildman–Crippen MR) is 101 cm³/mol. The minimum absolute atomic E-state index is 0.210. The number of carbonyl (C=O) groups excluding carboxylic acids is 1. The maximum Gasteiger partial charge on any atom is 0.261 e. The van der Waals surface area contributed by atoms with Crippen LogP contribution in [0.2, 0.25) is 10.0 Å². The summed E-state index contributed by atoms with van der Waals surface area (Å²) in [7, 11) is 0. The summed E-state index contributed by atoms with van der Waals surface area (Å²) in [6, 6.07) is 12.4. The Morgan fingerprint density at radius 3 is 2.77 bits per heavy atom. The Bertz CT molecular complexity index is 927. The molecule has 0 bridgehead atoms. The van der Waals surface area contributed by atoms with Gasteiger partial charge in [-0.3, -0.25) is 10.1 Å². The second kappa shape index (κ2) is 8.21. The molecule has 0 saturated carbocycles. The van der Waals surface area contributed by atoms with E-state index >= 15 is 0 Å². The molecule has 6 nitrogen and oxygen atoms in total. The van der Waals surface area contributed by atoms with Crippen LogP contribution in [-0.4, -0.2) is 27.3 Å². The highest BCUT2D eigenvalue weighted by molar-refractivity contribution is 6.42. The summed E-state index contributed by atoms with van der Waals surface area (Å²) >= 11 is 11.9. The third-order valence-electron chi connectivity index (χ3n) is 3.52. The average molecular weight is 391 g/mol. The normalized spacial score (nSPS) is 10.6. The zero-order valence-electron chi connectivity index (χ0n) is 13.9. The smallest absolute Gasteiger partial charge is 0.261 e. The second-order valence-corrected chi connectivity index (χ2v) is 6.21. The van der Waals surface area contributed by atoms with Crippen molar-refractivity contribution in [3.8, 4) is 5.75 Å². The van der Waals surface area contributed by atoms with E-state index < -0.39 is 0 Å². The van der Waals surface area contributed by atoms with Gasteiger partial charge in [0.25, 0.3) is 5.91 Å². The largest absolute Gasteiger partial charge is 0.493 e. The maximum absolute atomic E-state index is 12.4. The minimum Gasteiger partial charge on any atom is -0.493 e. The number of nitrogens with zero attached hydrogens (tertiary/aromatic N) is 3. The number of amides is 1. The Morgan fingerprint density at radius 2 is 2.00 bits per heavy atom. The van der Waals surface area contributed by atoms with Gasteiger partial charge >= 0.3 is 0 Å². The highest BCUT2D eigenvalue weighted by Gasteiger charge is 2.14. The number of hydrogen-bond donors (Lipinski definition) is 1. The Labute approximate surface area is 160 Å². The molecular weight excluding hydrogens is 375 g/mol. The van der Waals surface area contributed by atoms with Crippen molar-refractivity contribution in [3.63, 3.8) is 0 Å². The molecule has 1 amide bonds. The number of hydrogen-bond acceptors (Lipinski definition) is 4. The molecule has 3 aromatic rings. The summed E-state index contributed by atoms with van der Waals surface area (Å²) in [5.74, 6) is 0.394. The van der Waals surface area contributed by atoms with Gasteiger partial charge in [-0.05, 0) is 36.8 Å². The summed E-state index contributed by atoms with van der Waals surface area (Å²) in [5.41, 5.74) is 1.35. The van der Waals surface area contributed by atoms with Gasteiger partial charge in [0.2, 0.25) is 5.95 Å². The van der Waals surface area contributed by atoms with Crippen molar-refractivity contribution in [2.75, 3.05) is 11.9 Å². The molecule has 1 aromatic heterocycles. The van der Waals surface area contributed by atoms with Gasteiger partial charge in [0.05, 0.1) is 28.8 Å². The van der Waals surface area contributed by atoms with Crippen LogP contribution >= 0.6 is 23.2 Å². The first-order valence-corrected chi connectivity index (χ1v) is 8.69. The van der Waals surface area contributed by atoms with Crippen LogP contribution in [-0.2, 0) is 6.54 Å². The first-order chi connectivity index (χ1) is 12.6. The first-order valence-electron chi connectivity index (χ1n) is 7.93. The van der Waals surface area contributed by atoms with Gasteiger partial charge in [-0.1, -0.05) is 41.4 Å². The molecule has 0 saturated heterocycles. The average Bonchev–Trinajstić information content (AvgIpc) is 3.06. The molecule has 134 valence electrons. The standard InChI is InChI=1S/C18H16Cl2N4O2/c1-2-26-16-6-4-3-5-13(16)17(25)22-18-21-11-24(23-18)10-12-7-8-14(19)15(20)9-12/h3-9,11H,2,10H2,1H3,(H,22,23,25). The van der Waals surface area contributed by atoms with Crippen molar-refractivity contribution in [2.45, 2.75) is 13.5 Å². The number of para-hydroxylation sites is 1. The second-order valence-electron chi connectivity index (χ2n) is 5.40. The first kappa shape index (κ1) is 18.2. The fourth-order valence-electron chi connectivity index (χ4n) is 2.36. The van der Waals surface area contributed by atoms with Crippen LogP contribution < -0.4 is 10.1 Å². The summed E-state index contributed by atoms with van der Waals surface area (Å²) in [6.45, 7) is 2.79. The number of halogens is 2. The molecule has 0 aliphatic rings.